The Morgan fingerprint density at radius 3 is 3.06 bits per heavy atom. The SMILES string of the molecule is CCN1OC(C(=O)O)=NC1c1cccnc1. The number of hydrogen-bond donors (Lipinski definition) is 1. The molecule has 0 aliphatic carbocycles. The van der Waals surface area contributed by atoms with Gasteiger partial charge in [0.15, 0.2) is 6.17 Å². The van der Waals surface area contributed by atoms with E-state index in [1.54, 1.807) is 18.5 Å². The smallest absolute Gasteiger partial charge is 0.393 e. The van der Waals surface area contributed by atoms with Crippen molar-refractivity contribution in [1.82, 2.24) is 10.0 Å². The van der Waals surface area contributed by atoms with Gasteiger partial charge in [0.05, 0.1) is 0 Å². The molecule has 2 rings (SSSR count). The van der Waals surface area contributed by atoms with Crippen molar-refractivity contribution in [2.24, 2.45) is 4.99 Å². The van der Waals surface area contributed by atoms with Gasteiger partial charge in [-0.3, -0.25) is 4.98 Å². The number of pyridine rings is 1. The standard InChI is InChI=1S/C10H11N3O3/c1-2-13-8(7-4-3-5-11-6-7)12-9(16-13)10(14)15/h3-6,8H,2H2,1H3,(H,14,15). The third-order valence-electron chi connectivity index (χ3n) is 2.19. The number of aromatic nitrogens is 1. The summed E-state index contributed by atoms with van der Waals surface area (Å²) in [6.45, 7) is 2.41. The van der Waals surface area contributed by atoms with E-state index in [4.69, 9.17) is 9.94 Å². The van der Waals surface area contributed by atoms with Crippen molar-refractivity contribution >= 4 is 11.9 Å². The molecule has 2 heterocycles. The fraction of sp³-hybridized carbons (Fsp3) is 0.300. The van der Waals surface area contributed by atoms with Crippen LogP contribution in [0.3, 0.4) is 0 Å². The van der Waals surface area contributed by atoms with Crippen LogP contribution in [0.25, 0.3) is 0 Å². The van der Waals surface area contributed by atoms with Gasteiger partial charge in [-0.15, -0.1) is 5.06 Å². The Labute approximate surface area is 92.1 Å². The van der Waals surface area contributed by atoms with Crippen LogP contribution in [0.4, 0.5) is 0 Å². The highest BCUT2D eigenvalue weighted by atomic mass is 16.7. The fourth-order valence-corrected chi connectivity index (χ4v) is 1.46. The first kappa shape index (κ1) is 10.6. The van der Waals surface area contributed by atoms with Crippen LogP contribution in [0.15, 0.2) is 29.5 Å². The Kier molecular flexibility index (Phi) is 2.82. The molecule has 0 bridgehead atoms. The molecule has 1 aliphatic heterocycles. The number of hydrogen-bond acceptors (Lipinski definition) is 5. The molecule has 1 aromatic rings. The molecule has 0 saturated carbocycles. The van der Waals surface area contributed by atoms with E-state index in [-0.39, 0.29) is 5.90 Å². The summed E-state index contributed by atoms with van der Waals surface area (Å²) >= 11 is 0. The van der Waals surface area contributed by atoms with E-state index in [0.717, 1.165) is 5.56 Å². The maximum atomic E-state index is 10.7. The zero-order valence-corrected chi connectivity index (χ0v) is 8.70. The number of aliphatic carboxylic acids is 1. The zero-order chi connectivity index (χ0) is 11.5. The van der Waals surface area contributed by atoms with Gasteiger partial charge < -0.3 is 9.94 Å². The summed E-state index contributed by atoms with van der Waals surface area (Å²) in [6.07, 6.45) is 2.87. The second-order valence-corrected chi connectivity index (χ2v) is 3.22. The molecule has 0 spiro atoms. The molecular weight excluding hydrogens is 210 g/mol. The molecular formula is C10H11N3O3. The van der Waals surface area contributed by atoms with Gasteiger partial charge in [0, 0.05) is 24.5 Å². The predicted octanol–water partition coefficient (Wildman–Crippen LogP) is 0.830. The minimum atomic E-state index is -1.16. The summed E-state index contributed by atoms with van der Waals surface area (Å²) in [5.74, 6) is -1.44. The number of carboxylic acids is 1. The lowest BCUT2D eigenvalue weighted by Gasteiger charge is -2.18. The second kappa shape index (κ2) is 4.28. The molecule has 1 atom stereocenters. The highest BCUT2D eigenvalue weighted by molar-refractivity contribution is 6.31. The van der Waals surface area contributed by atoms with E-state index in [9.17, 15) is 4.79 Å². The Bertz CT molecular complexity index is 419. The third kappa shape index (κ3) is 1.87. The van der Waals surface area contributed by atoms with Gasteiger partial charge in [0.2, 0.25) is 0 Å². The molecule has 0 radical (unpaired) electrons. The van der Waals surface area contributed by atoms with Gasteiger partial charge in [-0.25, -0.2) is 9.79 Å². The van der Waals surface area contributed by atoms with Gasteiger partial charge in [-0.1, -0.05) is 6.07 Å². The highest BCUT2D eigenvalue weighted by Crippen LogP contribution is 2.26. The van der Waals surface area contributed by atoms with Gasteiger partial charge in [0.1, 0.15) is 0 Å². The van der Waals surface area contributed by atoms with Gasteiger partial charge in [-0.2, -0.15) is 0 Å². The predicted molar refractivity (Wildman–Crippen MR) is 55.5 cm³/mol. The van der Waals surface area contributed by atoms with Crippen LogP contribution in [0.5, 0.6) is 0 Å². The molecule has 1 aliphatic rings. The molecule has 6 nitrogen and oxygen atoms in total. The maximum Gasteiger partial charge on any atom is 0.393 e. The average Bonchev–Trinajstić information content (AvgIpc) is 2.74. The molecule has 0 saturated heterocycles. The topological polar surface area (TPSA) is 75.0 Å². The molecule has 6 heteroatoms. The molecule has 0 amide bonds. The number of rotatable bonds is 3. The van der Waals surface area contributed by atoms with Crippen molar-refractivity contribution in [2.45, 2.75) is 13.1 Å². The molecule has 84 valence electrons. The van der Waals surface area contributed by atoms with E-state index in [2.05, 4.69) is 9.98 Å². The molecule has 0 fully saturated rings. The molecule has 0 aromatic carbocycles. The number of hydroxylamine groups is 2. The summed E-state index contributed by atoms with van der Waals surface area (Å²) in [4.78, 5) is 23.8. The van der Waals surface area contributed by atoms with E-state index in [1.807, 2.05) is 13.0 Å². The average molecular weight is 221 g/mol. The minimum absolute atomic E-state index is 0.282. The monoisotopic (exact) mass is 221 g/mol. The maximum absolute atomic E-state index is 10.7. The van der Waals surface area contributed by atoms with Crippen LogP contribution in [-0.4, -0.2) is 33.6 Å². The third-order valence-corrected chi connectivity index (χ3v) is 2.19. The second-order valence-electron chi connectivity index (χ2n) is 3.22. The Morgan fingerprint density at radius 2 is 2.50 bits per heavy atom. The van der Waals surface area contributed by atoms with Crippen LogP contribution in [0, 0.1) is 0 Å². The first-order valence-corrected chi connectivity index (χ1v) is 4.88. The van der Waals surface area contributed by atoms with Crippen LogP contribution in [-0.2, 0) is 9.63 Å². The summed E-state index contributed by atoms with van der Waals surface area (Å²) < 4.78 is 0. The van der Waals surface area contributed by atoms with Crippen LogP contribution >= 0.6 is 0 Å². The number of aliphatic imine (C=N–C) groups is 1. The minimum Gasteiger partial charge on any atom is -0.474 e. The largest absolute Gasteiger partial charge is 0.474 e. The number of carboxylic acid groups (broad SMARTS) is 1. The van der Waals surface area contributed by atoms with Crippen LogP contribution in [0.1, 0.15) is 18.7 Å². The van der Waals surface area contributed by atoms with Gasteiger partial charge in [-0.05, 0) is 13.0 Å². The normalized spacial score (nSPS) is 20.3. The van der Waals surface area contributed by atoms with E-state index in [1.165, 1.54) is 5.06 Å². The summed E-state index contributed by atoms with van der Waals surface area (Å²) in [5.41, 5.74) is 0.806. The van der Waals surface area contributed by atoms with Crippen molar-refractivity contribution in [3.63, 3.8) is 0 Å². The lowest BCUT2D eigenvalue weighted by Crippen LogP contribution is -2.25. The van der Waals surface area contributed by atoms with Crippen molar-refractivity contribution in [1.29, 1.82) is 0 Å². The number of carbonyl (C=O) groups is 1. The van der Waals surface area contributed by atoms with Gasteiger partial charge >= 0.3 is 11.9 Å². The molecule has 1 unspecified atom stereocenters. The van der Waals surface area contributed by atoms with Gasteiger partial charge in [0.25, 0.3) is 0 Å². The van der Waals surface area contributed by atoms with Crippen molar-refractivity contribution in [3.05, 3.63) is 30.1 Å². The van der Waals surface area contributed by atoms with Crippen molar-refractivity contribution in [3.8, 4) is 0 Å². The fourth-order valence-electron chi connectivity index (χ4n) is 1.46. The molecule has 1 N–H and O–H groups in total. The van der Waals surface area contributed by atoms with Crippen molar-refractivity contribution < 1.29 is 14.7 Å². The lowest BCUT2D eigenvalue weighted by molar-refractivity contribution is -0.136. The Balaban J connectivity index is 2.29. The van der Waals surface area contributed by atoms with E-state index < -0.39 is 12.1 Å². The lowest BCUT2D eigenvalue weighted by atomic mass is 10.2. The quantitative estimate of drug-likeness (QED) is 0.818. The van der Waals surface area contributed by atoms with E-state index >= 15 is 0 Å². The molecule has 1 aromatic heterocycles. The summed E-state index contributed by atoms with van der Waals surface area (Å²) in [6, 6.07) is 3.61. The first-order chi connectivity index (χ1) is 7.72. The van der Waals surface area contributed by atoms with E-state index in [0.29, 0.717) is 6.54 Å². The number of nitrogens with zero attached hydrogens (tertiary/aromatic N) is 3. The van der Waals surface area contributed by atoms with Crippen molar-refractivity contribution in [2.75, 3.05) is 6.54 Å². The Hall–Kier alpha value is -1.95. The highest BCUT2D eigenvalue weighted by Gasteiger charge is 2.32. The molecule has 16 heavy (non-hydrogen) atoms. The summed E-state index contributed by atoms with van der Waals surface area (Å²) in [5, 5.41) is 10.3. The van der Waals surface area contributed by atoms with Crippen LogP contribution in [0.2, 0.25) is 0 Å². The van der Waals surface area contributed by atoms with Crippen LogP contribution < -0.4 is 0 Å². The first-order valence-electron chi connectivity index (χ1n) is 4.88. The zero-order valence-electron chi connectivity index (χ0n) is 8.70. The Morgan fingerprint density at radius 1 is 1.69 bits per heavy atom. The summed E-state index contributed by atoms with van der Waals surface area (Å²) in [7, 11) is 0.